The lowest BCUT2D eigenvalue weighted by molar-refractivity contribution is -0.130. The third-order valence-corrected chi connectivity index (χ3v) is 3.29. The topological polar surface area (TPSA) is 84.3 Å². The lowest BCUT2D eigenvalue weighted by Crippen LogP contribution is -2.39. The summed E-state index contributed by atoms with van der Waals surface area (Å²) in [7, 11) is 0. The van der Waals surface area contributed by atoms with Crippen molar-refractivity contribution < 1.29 is 18.6 Å². The molecule has 0 bridgehead atoms. The molecule has 1 aliphatic rings. The van der Waals surface area contributed by atoms with E-state index >= 15 is 0 Å². The van der Waals surface area contributed by atoms with Gasteiger partial charge in [-0.05, 0) is 6.92 Å². The van der Waals surface area contributed by atoms with Crippen LogP contribution in [0.4, 0.5) is 8.78 Å². The smallest absolute Gasteiger partial charge is 0.330 e. The van der Waals surface area contributed by atoms with Crippen molar-refractivity contribution >= 4 is 0 Å². The summed E-state index contributed by atoms with van der Waals surface area (Å²) in [5.74, 6) is -4.58. The summed E-state index contributed by atoms with van der Waals surface area (Å²) in [6.07, 6.45) is -3.06. The molecule has 2 rings (SSSR count). The molecule has 0 saturated carbocycles. The average Bonchev–Trinajstić information content (AvgIpc) is 2.52. The van der Waals surface area contributed by atoms with Crippen molar-refractivity contribution in [2.24, 2.45) is 5.92 Å². The quantitative estimate of drug-likeness (QED) is 0.801. The molecule has 0 aromatic carbocycles. The van der Waals surface area contributed by atoms with Crippen molar-refractivity contribution in [3.8, 4) is 0 Å². The van der Waals surface area contributed by atoms with E-state index in [1.807, 2.05) is 4.98 Å². The number of halogens is 2. The van der Waals surface area contributed by atoms with Crippen LogP contribution >= 0.6 is 0 Å². The lowest BCUT2D eigenvalue weighted by Gasteiger charge is -2.21. The Balaban J connectivity index is 2.45. The average molecular weight is 276 g/mol. The predicted octanol–water partition coefficient (Wildman–Crippen LogP) is 0.0862. The van der Waals surface area contributed by atoms with Gasteiger partial charge in [0, 0.05) is 12.3 Å². The third kappa shape index (κ3) is 2.21. The molecule has 1 aliphatic heterocycles. The highest BCUT2D eigenvalue weighted by molar-refractivity contribution is 4.97. The first-order valence-corrected chi connectivity index (χ1v) is 5.78. The second kappa shape index (κ2) is 4.53. The molecule has 0 radical (unpaired) electrons. The van der Waals surface area contributed by atoms with Crippen LogP contribution in [0.15, 0.2) is 21.9 Å². The van der Waals surface area contributed by atoms with E-state index in [1.54, 1.807) is 0 Å². The highest BCUT2D eigenvalue weighted by Gasteiger charge is 2.58. The first-order valence-electron chi connectivity index (χ1n) is 5.78. The van der Waals surface area contributed by atoms with Gasteiger partial charge in [-0.2, -0.15) is 0 Å². The summed E-state index contributed by atoms with van der Waals surface area (Å²) in [5.41, 5.74) is -1.65. The van der Waals surface area contributed by atoms with Crippen molar-refractivity contribution in [3.05, 3.63) is 33.1 Å². The summed E-state index contributed by atoms with van der Waals surface area (Å²) < 4.78 is 33.9. The van der Waals surface area contributed by atoms with Gasteiger partial charge in [-0.15, -0.1) is 0 Å². The molecule has 0 unspecified atom stereocenters. The fourth-order valence-corrected chi connectivity index (χ4v) is 2.20. The first-order chi connectivity index (χ1) is 8.75. The van der Waals surface area contributed by atoms with Crippen LogP contribution in [0.5, 0.6) is 0 Å². The highest BCUT2D eigenvalue weighted by Crippen LogP contribution is 2.46. The second-order valence-corrected chi connectivity index (χ2v) is 4.67. The Morgan fingerprint density at radius 3 is 2.63 bits per heavy atom. The number of ether oxygens (including phenoxy) is 1. The van der Waals surface area contributed by atoms with Crippen LogP contribution in [-0.2, 0) is 4.74 Å². The first kappa shape index (κ1) is 13.9. The Morgan fingerprint density at radius 2 is 2.16 bits per heavy atom. The fraction of sp³-hybridized carbons (Fsp3) is 0.636. The summed E-state index contributed by atoms with van der Waals surface area (Å²) in [4.78, 5) is 24.3. The van der Waals surface area contributed by atoms with Crippen LogP contribution in [0.1, 0.15) is 20.1 Å². The van der Waals surface area contributed by atoms with Gasteiger partial charge >= 0.3 is 5.69 Å². The van der Waals surface area contributed by atoms with Gasteiger partial charge in [-0.25, -0.2) is 13.6 Å². The molecule has 2 heterocycles. The predicted molar refractivity (Wildman–Crippen MR) is 61.0 cm³/mol. The second-order valence-electron chi connectivity index (χ2n) is 4.67. The zero-order valence-corrected chi connectivity index (χ0v) is 10.3. The van der Waals surface area contributed by atoms with Gasteiger partial charge < -0.3 is 9.84 Å². The van der Waals surface area contributed by atoms with E-state index < -0.39 is 41.5 Å². The van der Waals surface area contributed by atoms with Crippen molar-refractivity contribution in [1.29, 1.82) is 0 Å². The largest absolute Gasteiger partial charge is 0.391 e. The molecule has 1 aromatic rings. The number of nitrogens with one attached hydrogen (secondary N) is 1. The normalized spacial score (nSPS) is 31.3. The molecule has 1 fully saturated rings. The molecule has 106 valence electrons. The Labute approximate surface area is 106 Å². The maximum Gasteiger partial charge on any atom is 0.330 e. The van der Waals surface area contributed by atoms with Gasteiger partial charge in [-0.1, -0.05) is 6.92 Å². The molecule has 1 saturated heterocycles. The Kier molecular flexibility index (Phi) is 3.31. The minimum Gasteiger partial charge on any atom is -0.391 e. The fourth-order valence-electron chi connectivity index (χ4n) is 2.20. The van der Waals surface area contributed by atoms with E-state index in [1.165, 1.54) is 13.8 Å². The maximum atomic E-state index is 14.1. The molecular weight excluding hydrogens is 262 g/mol. The number of hydrogen-bond acceptors (Lipinski definition) is 4. The van der Waals surface area contributed by atoms with E-state index in [0.29, 0.717) is 4.57 Å². The molecular formula is C11H14F2N2O4. The van der Waals surface area contributed by atoms with Crippen molar-refractivity contribution in [3.63, 3.8) is 0 Å². The number of aliphatic hydroxyl groups is 1. The minimum atomic E-state index is -3.33. The number of H-pyrrole nitrogens is 1. The molecule has 0 amide bonds. The number of nitrogens with zero attached hydrogens (tertiary/aromatic N) is 1. The number of aromatic amines is 1. The Morgan fingerprint density at radius 1 is 1.53 bits per heavy atom. The molecule has 6 nitrogen and oxygen atoms in total. The standard InChI is InChI=1S/C11H14F2N2O4/c1-5-8(6(2)16)19-9(11(5,12)13)15-4-3-7(17)14-10(15)18/h3-6,8-9,16H,1-2H3,(H,14,17,18)/t5-,6+,8+,9-/m1/s1. The lowest BCUT2D eigenvalue weighted by atomic mass is 9.96. The van der Waals surface area contributed by atoms with Gasteiger partial charge in [0.15, 0.2) is 0 Å². The van der Waals surface area contributed by atoms with E-state index in [-0.39, 0.29) is 0 Å². The molecule has 19 heavy (non-hydrogen) atoms. The van der Waals surface area contributed by atoms with Crippen LogP contribution < -0.4 is 11.2 Å². The zero-order valence-electron chi connectivity index (χ0n) is 10.3. The van der Waals surface area contributed by atoms with E-state index in [4.69, 9.17) is 4.74 Å². The highest BCUT2D eigenvalue weighted by atomic mass is 19.3. The van der Waals surface area contributed by atoms with Gasteiger partial charge in [0.2, 0.25) is 6.23 Å². The number of aliphatic hydroxyl groups excluding tert-OH is 1. The molecule has 0 spiro atoms. The Hall–Kier alpha value is -1.54. The monoisotopic (exact) mass is 276 g/mol. The zero-order chi connectivity index (χ0) is 14.4. The third-order valence-electron chi connectivity index (χ3n) is 3.29. The number of aromatic nitrogens is 2. The van der Waals surface area contributed by atoms with Crippen molar-refractivity contribution in [2.75, 3.05) is 0 Å². The van der Waals surface area contributed by atoms with Gasteiger partial charge in [-0.3, -0.25) is 14.3 Å². The van der Waals surface area contributed by atoms with E-state index in [0.717, 1.165) is 12.3 Å². The molecule has 2 N–H and O–H groups in total. The molecule has 8 heteroatoms. The van der Waals surface area contributed by atoms with Gasteiger partial charge in [0.1, 0.15) is 0 Å². The molecule has 4 atom stereocenters. The molecule has 0 aliphatic carbocycles. The van der Waals surface area contributed by atoms with Crippen LogP contribution in [0.2, 0.25) is 0 Å². The van der Waals surface area contributed by atoms with Gasteiger partial charge in [0.05, 0.1) is 18.1 Å². The number of alkyl halides is 2. The number of hydrogen-bond donors (Lipinski definition) is 2. The van der Waals surface area contributed by atoms with Crippen LogP contribution in [0, 0.1) is 5.92 Å². The van der Waals surface area contributed by atoms with E-state index in [9.17, 15) is 23.5 Å². The molecule has 1 aromatic heterocycles. The Bertz CT molecular complexity index is 581. The maximum absolute atomic E-state index is 14.1. The minimum absolute atomic E-state index is 0.625. The van der Waals surface area contributed by atoms with Crippen LogP contribution in [0.25, 0.3) is 0 Å². The SMILES string of the molecule is C[C@H](O)[C@H]1O[C@@H](n2ccc(=O)[nH]c2=O)C(F)(F)[C@@H]1C. The van der Waals surface area contributed by atoms with Crippen LogP contribution in [0.3, 0.4) is 0 Å². The van der Waals surface area contributed by atoms with Crippen LogP contribution in [-0.4, -0.2) is 32.8 Å². The van der Waals surface area contributed by atoms with E-state index in [2.05, 4.69) is 0 Å². The summed E-state index contributed by atoms with van der Waals surface area (Å²) in [5, 5.41) is 9.43. The summed E-state index contributed by atoms with van der Waals surface area (Å²) >= 11 is 0. The van der Waals surface area contributed by atoms with Crippen molar-refractivity contribution in [2.45, 2.75) is 38.2 Å². The summed E-state index contributed by atoms with van der Waals surface area (Å²) in [6, 6.07) is 0.960. The van der Waals surface area contributed by atoms with Gasteiger partial charge in [0.25, 0.3) is 11.5 Å². The summed E-state index contributed by atoms with van der Waals surface area (Å²) in [6.45, 7) is 2.59. The number of rotatable bonds is 2. The van der Waals surface area contributed by atoms with Crippen molar-refractivity contribution in [1.82, 2.24) is 9.55 Å².